The summed E-state index contributed by atoms with van der Waals surface area (Å²) in [7, 11) is 0. The number of Topliss-reactive ketones (excluding diaryl/α,β-unsaturated/α-hetero) is 1. The number of rotatable bonds is 6. The second-order valence-electron chi connectivity index (χ2n) is 7.75. The van der Waals surface area contributed by atoms with Crippen LogP contribution in [0.1, 0.15) is 51.1 Å². The molecule has 1 aromatic carbocycles. The Bertz CT molecular complexity index is 686. The SMILES string of the molecule is C=CC[C@]12CCC[C@](C(=O)OCC)(CN([C@@H](C)c3ccccc3)C1)C2=O. The van der Waals surface area contributed by atoms with Gasteiger partial charge in [0.05, 0.1) is 6.61 Å². The molecule has 2 bridgehead atoms. The monoisotopic (exact) mass is 355 g/mol. The van der Waals surface area contributed by atoms with Gasteiger partial charge in [0.25, 0.3) is 0 Å². The van der Waals surface area contributed by atoms with E-state index in [2.05, 4.69) is 30.5 Å². The largest absolute Gasteiger partial charge is 0.465 e. The molecular formula is C22H29NO3. The molecule has 1 saturated carbocycles. The number of piperidine rings is 1. The summed E-state index contributed by atoms with van der Waals surface area (Å²) >= 11 is 0. The molecular weight excluding hydrogens is 326 g/mol. The van der Waals surface area contributed by atoms with Crippen LogP contribution < -0.4 is 0 Å². The van der Waals surface area contributed by atoms with Crippen molar-refractivity contribution in [2.45, 2.75) is 45.6 Å². The van der Waals surface area contributed by atoms with Crippen LogP contribution in [0.15, 0.2) is 43.0 Å². The van der Waals surface area contributed by atoms with E-state index in [4.69, 9.17) is 4.74 Å². The number of carbonyl (C=O) groups excluding carboxylic acids is 2. The Hall–Kier alpha value is -1.94. The van der Waals surface area contributed by atoms with Gasteiger partial charge in [-0.3, -0.25) is 14.5 Å². The summed E-state index contributed by atoms with van der Waals surface area (Å²) in [5, 5.41) is 0. The lowest BCUT2D eigenvalue weighted by atomic mass is 9.56. The predicted molar refractivity (Wildman–Crippen MR) is 102 cm³/mol. The van der Waals surface area contributed by atoms with E-state index in [1.54, 1.807) is 6.92 Å². The van der Waals surface area contributed by atoms with Gasteiger partial charge >= 0.3 is 5.97 Å². The van der Waals surface area contributed by atoms with E-state index < -0.39 is 10.8 Å². The molecule has 1 aliphatic heterocycles. The van der Waals surface area contributed by atoms with E-state index in [-0.39, 0.29) is 17.8 Å². The van der Waals surface area contributed by atoms with Crippen LogP contribution in [0.5, 0.6) is 0 Å². The Labute approximate surface area is 156 Å². The summed E-state index contributed by atoms with van der Waals surface area (Å²) in [5.74, 6) is -0.269. The van der Waals surface area contributed by atoms with Crippen molar-refractivity contribution < 1.29 is 14.3 Å². The Kier molecular flexibility index (Phi) is 5.33. The molecule has 2 fully saturated rings. The quantitative estimate of drug-likeness (QED) is 0.441. The molecule has 0 radical (unpaired) electrons. The van der Waals surface area contributed by atoms with E-state index in [9.17, 15) is 9.59 Å². The van der Waals surface area contributed by atoms with Gasteiger partial charge < -0.3 is 4.74 Å². The van der Waals surface area contributed by atoms with Crippen molar-refractivity contribution in [1.29, 1.82) is 0 Å². The van der Waals surface area contributed by atoms with Crippen molar-refractivity contribution >= 4 is 11.8 Å². The number of carbonyl (C=O) groups is 2. The molecule has 4 nitrogen and oxygen atoms in total. The van der Waals surface area contributed by atoms with Gasteiger partial charge in [0, 0.05) is 24.5 Å². The summed E-state index contributed by atoms with van der Waals surface area (Å²) in [5.41, 5.74) is -0.347. The summed E-state index contributed by atoms with van der Waals surface area (Å²) < 4.78 is 5.37. The van der Waals surface area contributed by atoms with Gasteiger partial charge in [-0.2, -0.15) is 0 Å². The topological polar surface area (TPSA) is 46.6 Å². The summed E-state index contributed by atoms with van der Waals surface area (Å²) in [6, 6.07) is 10.4. The number of esters is 1. The zero-order valence-electron chi connectivity index (χ0n) is 15.9. The molecule has 1 heterocycles. The van der Waals surface area contributed by atoms with Crippen LogP contribution in [0.2, 0.25) is 0 Å². The average molecular weight is 355 g/mol. The molecule has 0 aromatic heterocycles. The van der Waals surface area contributed by atoms with Gasteiger partial charge in [-0.05, 0) is 38.7 Å². The molecule has 1 aromatic rings. The summed E-state index contributed by atoms with van der Waals surface area (Å²) in [6.07, 6.45) is 4.73. The molecule has 3 atom stereocenters. The maximum Gasteiger partial charge on any atom is 0.320 e. The van der Waals surface area contributed by atoms with E-state index in [0.717, 1.165) is 12.8 Å². The number of likely N-dealkylation sites (tertiary alicyclic amines) is 1. The van der Waals surface area contributed by atoms with Crippen LogP contribution in [-0.2, 0) is 14.3 Å². The lowest BCUT2D eigenvalue weighted by molar-refractivity contribution is -0.177. The highest BCUT2D eigenvalue weighted by Gasteiger charge is 2.62. The van der Waals surface area contributed by atoms with E-state index in [1.165, 1.54) is 5.56 Å². The van der Waals surface area contributed by atoms with Gasteiger partial charge in [0.2, 0.25) is 0 Å². The third-order valence-electron chi connectivity index (χ3n) is 6.18. The number of ether oxygens (including phenoxy) is 1. The van der Waals surface area contributed by atoms with Crippen LogP contribution in [0, 0.1) is 10.8 Å². The Balaban J connectivity index is 2.00. The number of fused-ring (bicyclic) bond motifs is 2. The van der Waals surface area contributed by atoms with E-state index in [1.807, 2.05) is 24.3 Å². The number of allylic oxidation sites excluding steroid dienone is 1. The van der Waals surface area contributed by atoms with E-state index in [0.29, 0.717) is 32.5 Å². The first-order valence-electron chi connectivity index (χ1n) is 9.61. The molecule has 26 heavy (non-hydrogen) atoms. The molecule has 1 saturated heterocycles. The van der Waals surface area contributed by atoms with Crippen LogP contribution >= 0.6 is 0 Å². The van der Waals surface area contributed by atoms with Gasteiger partial charge in [-0.25, -0.2) is 0 Å². The molecule has 0 amide bonds. The molecule has 3 rings (SSSR count). The van der Waals surface area contributed by atoms with Crippen LogP contribution in [0.3, 0.4) is 0 Å². The zero-order valence-corrected chi connectivity index (χ0v) is 15.9. The summed E-state index contributed by atoms with van der Waals surface area (Å²) in [6.45, 7) is 9.25. The fourth-order valence-electron chi connectivity index (χ4n) is 4.84. The van der Waals surface area contributed by atoms with Crippen LogP contribution in [-0.4, -0.2) is 36.3 Å². The van der Waals surface area contributed by atoms with E-state index >= 15 is 0 Å². The highest BCUT2D eigenvalue weighted by molar-refractivity contribution is 6.08. The number of hydrogen-bond acceptors (Lipinski definition) is 4. The van der Waals surface area contributed by atoms with Gasteiger partial charge in [-0.1, -0.05) is 42.8 Å². The lowest BCUT2D eigenvalue weighted by Crippen LogP contribution is -2.65. The van der Waals surface area contributed by atoms with Gasteiger partial charge in [0.1, 0.15) is 5.41 Å². The highest BCUT2D eigenvalue weighted by Crippen LogP contribution is 2.52. The van der Waals surface area contributed by atoms with Crippen molar-refractivity contribution in [1.82, 2.24) is 4.90 Å². The smallest absolute Gasteiger partial charge is 0.320 e. The Morgan fingerprint density at radius 2 is 2.04 bits per heavy atom. The van der Waals surface area contributed by atoms with Crippen molar-refractivity contribution in [3.63, 3.8) is 0 Å². The second-order valence-corrected chi connectivity index (χ2v) is 7.75. The highest BCUT2D eigenvalue weighted by atomic mass is 16.5. The Morgan fingerprint density at radius 3 is 2.69 bits per heavy atom. The minimum atomic E-state index is -1.03. The minimum absolute atomic E-state index is 0.0751. The number of ketones is 1. The maximum atomic E-state index is 13.5. The van der Waals surface area contributed by atoms with Crippen LogP contribution in [0.4, 0.5) is 0 Å². The fourth-order valence-corrected chi connectivity index (χ4v) is 4.84. The molecule has 4 heteroatoms. The molecule has 0 spiro atoms. The van der Waals surface area contributed by atoms with Crippen molar-refractivity contribution in [3.05, 3.63) is 48.6 Å². The molecule has 2 aliphatic rings. The minimum Gasteiger partial charge on any atom is -0.465 e. The van der Waals surface area contributed by atoms with Crippen molar-refractivity contribution in [2.75, 3.05) is 19.7 Å². The molecule has 0 unspecified atom stereocenters. The second kappa shape index (κ2) is 7.36. The zero-order chi connectivity index (χ0) is 18.8. The van der Waals surface area contributed by atoms with Crippen molar-refractivity contribution in [3.8, 4) is 0 Å². The van der Waals surface area contributed by atoms with Crippen LogP contribution in [0.25, 0.3) is 0 Å². The number of nitrogens with zero attached hydrogens (tertiary/aromatic N) is 1. The molecule has 140 valence electrons. The normalized spacial score (nSPS) is 29.8. The first-order chi connectivity index (χ1) is 12.5. The number of hydrogen-bond donors (Lipinski definition) is 0. The maximum absolute atomic E-state index is 13.5. The van der Waals surface area contributed by atoms with Crippen molar-refractivity contribution in [2.24, 2.45) is 10.8 Å². The third kappa shape index (κ3) is 3.01. The predicted octanol–water partition coefficient (Wildman–Crippen LogP) is 3.93. The standard InChI is InChI=1S/C22H29NO3/c1-4-12-21-13-9-14-22(19(21)24,20(25)26-5-2)16-23(15-21)17(3)18-10-7-6-8-11-18/h4,6-8,10-11,17H,1,5,9,12-16H2,2-3H3/t17-,21-,22-/m0/s1. The lowest BCUT2D eigenvalue weighted by Gasteiger charge is -2.54. The third-order valence-corrected chi connectivity index (χ3v) is 6.18. The first-order valence-corrected chi connectivity index (χ1v) is 9.61. The fraction of sp³-hybridized carbons (Fsp3) is 0.545. The first kappa shape index (κ1) is 18.8. The van der Waals surface area contributed by atoms with Gasteiger partial charge in [-0.15, -0.1) is 6.58 Å². The Morgan fingerprint density at radius 1 is 1.31 bits per heavy atom. The molecule has 1 aliphatic carbocycles. The van der Waals surface area contributed by atoms with Gasteiger partial charge in [0.15, 0.2) is 5.78 Å². The average Bonchev–Trinajstić information content (AvgIpc) is 2.63. The summed E-state index contributed by atoms with van der Waals surface area (Å²) in [4.78, 5) is 28.7. The number of benzene rings is 1. The molecule has 0 N–H and O–H groups in total.